The third-order valence-corrected chi connectivity index (χ3v) is 5.14. The molecule has 3 rings (SSSR count). The number of aliphatic hydroxyl groups is 1. The highest BCUT2D eigenvalue weighted by molar-refractivity contribution is 9.09. The largest absolute Gasteiger partial charge is 0.445 e. The molecule has 3 atom stereocenters. The minimum Gasteiger partial charge on any atom is -0.445 e. The number of amides is 1. The van der Waals surface area contributed by atoms with Crippen molar-refractivity contribution in [3.05, 3.63) is 35.9 Å². The van der Waals surface area contributed by atoms with E-state index in [1.165, 1.54) is 0 Å². The monoisotopic (exact) mass is 369 g/mol. The van der Waals surface area contributed by atoms with E-state index < -0.39 is 5.79 Å². The lowest BCUT2D eigenvalue weighted by Crippen LogP contribution is -2.49. The summed E-state index contributed by atoms with van der Waals surface area (Å²) in [4.78, 5) is 14.1. The summed E-state index contributed by atoms with van der Waals surface area (Å²) in [5.74, 6) is -1.18. The van der Waals surface area contributed by atoms with E-state index >= 15 is 0 Å². The molecule has 0 spiro atoms. The van der Waals surface area contributed by atoms with Gasteiger partial charge in [0.15, 0.2) is 5.79 Å². The zero-order valence-electron chi connectivity index (χ0n) is 12.3. The lowest BCUT2D eigenvalue weighted by atomic mass is 9.97. The normalized spacial score (nSPS) is 30.9. The van der Waals surface area contributed by atoms with Gasteiger partial charge in [0.1, 0.15) is 6.61 Å². The molecule has 1 aromatic carbocycles. The molecule has 1 N–H and O–H groups in total. The minimum absolute atomic E-state index is 0.111. The summed E-state index contributed by atoms with van der Waals surface area (Å²) in [5.41, 5.74) is 0.962. The molecule has 0 radical (unpaired) electrons. The molecule has 2 aliphatic rings. The first-order chi connectivity index (χ1) is 10.6. The van der Waals surface area contributed by atoms with Crippen molar-refractivity contribution < 1.29 is 19.4 Å². The molecule has 2 saturated heterocycles. The van der Waals surface area contributed by atoms with E-state index in [1.807, 2.05) is 30.3 Å². The van der Waals surface area contributed by atoms with Gasteiger partial charge in [-0.05, 0) is 18.4 Å². The Morgan fingerprint density at radius 1 is 1.45 bits per heavy atom. The maximum atomic E-state index is 12.4. The summed E-state index contributed by atoms with van der Waals surface area (Å²) < 4.78 is 11.1. The first-order valence-corrected chi connectivity index (χ1v) is 8.67. The van der Waals surface area contributed by atoms with Crippen LogP contribution in [0.2, 0.25) is 0 Å². The second-order valence-corrected chi connectivity index (χ2v) is 6.44. The number of ether oxygens (including phenoxy) is 2. The Kier molecular flexibility index (Phi) is 4.70. The summed E-state index contributed by atoms with van der Waals surface area (Å²) in [5, 5.41) is 10.6. The fourth-order valence-electron chi connectivity index (χ4n) is 3.17. The fraction of sp³-hybridized carbons (Fsp3) is 0.562. The average molecular weight is 370 g/mol. The van der Waals surface area contributed by atoms with Crippen molar-refractivity contribution in [2.75, 3.05) is 11.9 Å². The molecule has 0 aliphatic carbocycles. The van der Waals surface area contributed by atoms with Crippen LogP contribution in [0.4, 0.5) is 4.79 Å². The summed E-state index contributed by atoms with van der Waals surface area (Å²) in [6.07, 6.45) is 1.70. The molecule has 120 valence electrons. The summed E-state index contributed by atoms with van der Waals surface area (Å²) >= 11 is 3.27. The van der Waals surface area contributed by atoms with Crippen LogP contribution in [0.25, 0.3) is 0 Å². The van der Waals surface area contributed by atoms with Crippen LogP contribution in [-0.2, 0) is 16.1 Å². The van der Waals surface area contributed by atoms with Gasteiger partial charge in [0.05, 0.1) is 17.5 Å². The molecular weight excluding hydrogens is 350 g/mol. The Balaban J connectivity index is 1.62. The maximum absolute atomic E-state index is 12.4. The van der Waals surface area contributed by atoms with Gasteiger partial charge < -0.3 is 19.5 Å². The summed E-state index contributed by atoms with van der Waals surface area (Å²) in [6, 6.07) is 9.50. The van der Waals surface area contributed by atoms with Gasteiger partial charge in [0, 0.05) is 13.0 Å². The smallest absolute Gasteiger partial charge is 0.410 e. The van der Waals surface area contributed by atoms with Crippen molar-refractivity contribution in [3.8, 4) is 0 Å². The van der Waals surface area contributed by atoms with E-state index in [4.69, 9.17) is 9.47 Å². The Bertz CT molecular complexity index is 526. The van der Waals surface area contributed by atoms with Crippen LogP contribution >= 0.6 is 15.9 Å². The van der Waals surface area contributed by atoms with Crippen LogP contribution < -0.4 is 0 Å². The van der Waals surface area contributed by atoms with Crippen LogP contribution in [0.1, 0.15) is 24.8 Å². The lowest BCUT2D eigenvalue weighted by Gasteiger charge is -2.35. The van der Waals surface area contributed by atoms with Crippen molar-refractivity contribution in [1.82, 2.24) is 4.90 Å². The molecule has 5 nitrogen and oxygen atoms in total. The molecule has 0 saturated carbocycles. The topological polar surface area (TPSA) is 59.0 Å². The van der Waals surface area contributed by atoms with Crippen molar-refractivity contribution >= 4 is 22.0 Å². The third kappa shape index (κ3) is 3.29. The number of likely N-dealkylation sites (tertiary alicyclic amines) is 1. The SMILES string of the molecule is O=C(OCc1ccccc1)N1CCCC2OC(O)(CBr)CC21. The van der Waals surface area contributed by atoms with Gasteiger partial charge in [0.2, 0.25) is 0 Å². The van der Waals surface area contributed by atoms with Gasteiger partial charge in [-0.25, -0.2) is 4.79 Å². The zero-order chi connectivity index (χ0) is 15.6. The van der Waals surface area contributed by atoms with Crippen molar-refractivity contribution in [2.24, 2.45) is 0 Å². The molecule has 6 heteroatoms. The molecule has 1 aromatic rings. The van der Waals surface area contributed by atoms with Crippen molar-refractivity contribution in [2.45, 2.75) is 43.8 Å². The average Bonchev–Trinajstić information content (AvgIpc) is 2.90. The van der Waals surface area contributed by atoms with Gasteiger partial charge in [-0.1, -0.05) is 46.3 Å². The predicted molar refractivity (Wildman–Crippen MR) is 84.6 cm³/mol. The first kappa shape index (κ1) is 15.8. The maximum Gasteiger partial charge on any atom is 0.410 e. The summed E-state index contributed by atoms with van der Waals surface area (Å²) in [6.45, 7) is 0.910. The standard InChI is InChI=1S/C16H20BrNO4/c17-11-16(20)9-13-14(22-16)7-4-8-18(13)15(19)21-10-12-5-2-1-3-6-12/h1-3,5-6,13-14,20H,4,7-11H2. The molecule has 1 amide bonds. The van der Waals surface area contributed by atoms with Crippen molar-refractivity contribution in [3.63, 3.8) is 0 Å². The highest BCUT2D eigenvalue weighted by Gasteiger charge is 2.49. The van der Waals surface area contributed by atoms with Gasteiger partial charge in [-0.3, -0.25) is 0 Å². The van der Waals surface area contributed by atoms with Crippen LogP contribution in [0.5, 0.6) is 0 Å². The number of carbonyl (C=O) groups excluding carboxylic acids is 1. The second-order valence-electron chi connectivity index (χ2n) is 5.88. The van der Waals surface area contributed by atoms with E-state index in [1.54, 1.807) is 4.90 Å². The minimum atomic E-state index is -1.18. The van der Waals surface area contributed by atoms with Crippen LogP contribution in [0.15, 0.2) is 30.3 Å². The number of piperidine rings is 1. The van der Waals surface area contributed by atoms with E-state index in [0.29, 0.717) is 18.3 Å². The van der Waals surface area contributed by atoms with Crippen molar-refractivity contribution in [1.29, 1.82) is 0 Å². The number of hydrogen-bond donors (Lipinski definition) is 1. The molecule has 2 fully saturated rings. The highest BCUT2D eigenvalue weighted by atomic mass is 79.9. The Morgan fingerprint density at radius 3 is 2.95 bits per heavy atom. The number of hydrogen-bond acceptors (Lipinski definition) is 4. The number of halogens is 1. The number of benzene rings is 1. The molecule has 2 aliphatic heterocycles. The zero-order valence-corrected chi connectivity index (χ0v) is 13.9. The molecule has 3 unspecified atom stereocenters. The van der Waals surface area contributed by atoms with E-state index in [-0.39, 0.29) is 24.8 Å². The number of rotatable bonds is 3. The van der Waals surface area contributed by atoms with Gasteiger partial charge in [-0.15, -0.1) is 0 Å². The van der Waals surface area contributed by atoms with Gasteiger partial charge in [0.25, 0.3) is 0 Å². The van der Waals surface area contributed by atoms with E-state index in [2.05, 4.69) is 15.9 Å². The Morgan fingerprint density at radius 2 is 2.23 bits per heavy atom. The Labute approximate surface area is 138 Å². The molecule has 2 heterocycles. The number of nitrogens with zero attached hydrogens (tertiary/aromatic N) is 1. The number of fused-ring (bicyclic) bond motifs is 1. The molecular formula is C16H20BrNO4. The predicted octanol–water partition coefficient (Wildman–Crippen LogP) is 2.66. The first-order valence-electron chi connectivity index (χ1n) is 7.55. The third-order valence-electron chi connectivity index (χ3n) is 4.26. The second kappa shape index (κ2) is 6.56. The van der Waals surface area contributed by atoms with Crippen LogP contribution in [-0.4, -0.2) is 45.9 Å². The van der Waals surface area contributed by atoms with Crippen LogP contribution in [0.3, 0.4) is 0 Å². The molecule has 22 heavy (non-hydrogen) atoms. The highest BCUT2D eigenvalue weighted by Crippen LogP contribution is 2.38. The van der Waals surface area contributed by atoms with Gasteiger partial charge >= 0.3 is 6.09 Å². The summed E-state index contributed by atoms with van der Waals surface area (Å²) in [7, 11) is 0. The molecule has 0 bridgehead atoms. The fourth-order valence-corrected chi connectivity index (χ4v) is 3.53. The Hall–Kier alpha value is -1.11. The van der Waals surface area contributed by atoms with Crippen LogP contribution in [0, 0.1) is 0 Å². The van der Waals surface area contributed by atoms with Gasteiger partial charge in [-0.2, -0.15) is 0 Å². The van der Waals surface area contributed by atoms with E-state index in [9.17, 15) is 9.90 Å². The van der Waals surface area contributed by atoms with E-state index in [0.717, 1.165) is 18.4 Å². The lowest BCUT2D eigenvalue weighted by molar-refractivity contribution is -0.176. The number of carbonyl (C=O) groups is 1. The number of alkyl halides is 1. The molecule has 0 aromatic heterocycles. The quantitative estimate of drug-likeness (QED) is 0.832.